The van der Waals surface area contributed by atoms with Gasteiger partial charge in [-0.25, -0.2) is 0 Å². The molecule has 0 aromatic heterocycles. The number of allylic oxidation sites excluding steroid dienone is 2. The van der Waals surface area contributed by atoms with Crippen LogP contribution in [0.15, 0.2) is 58.5 Å². The average Bonchev–Trinajstić information content (AvgIpc) is 2.77. The van der Waals surface area contributed by atoms with Gasteiger partial charge in [0.05, 0.1) is 11.4 Å². The number of benzene rings is 1. The molecule has 0 atom stereocenters. The molecule has 2 rings (SSSR count). The Kier molecular flexibility index (Phi) is 5.69. The van der Waals surface area contributed by atoms with Crippen LogP contribution in [0.1, 0.15) is 5.56 Å². The van der Waals surface area contributed by atoms with E-state index in [1.807, 2.05) is 0 Å². The second-order valence-electron chi connectivity index (χ2n) is 4.89. The van der Waals surface area contributed by atoms with Crippen molar-refractivity contribution in [2.45, 2.75) is 0 Å². The fourth-order valence-corrected chi connectivity index (χ4v) is 3.10. The number of nitrogens with zero attached hydrogens (tertiary/aromatic N) is 1. The van der Waals surface area contributed by atoms with Crippen molar-refractivity contribution >= 4 is 44.9 Å². The van der Waals surface area contributed by atoms with E-state index in [1.54, 1.807) is 12.2 Å². The molecule has 1 aliphatic heterocycles. The third kappa shape index (κ3) is 4.18. The topological polar surface area (TPSA) is 77.8 Å². The summed E-state index contributed by atoms with van der Waals surface area (Å²) >= 11 is 4.01. The van der Waals surface area contributed by atoms with Crippen LogP contribution in [-0.4, -0.2) is 32.8 Å². The van der Waals surface area contributed by atoms with Crippen molar-refractivity contribution in [1.29, 1.82) is 0 Å². The molecule has 1 fully saturated rings. The van der Waals surface area contributed by atoms with Crippen LogP contribution in [0.4, 0.5) is 4.79 Å². The highest BCUT2D eigenvalue weighted by Gasteiger charge is 2.35. The lowest BCUT2D eigenvalue weighted by molar-refractivity contribution is -0.122. The van der Waals surface area contributed by atoms with Crippen molar-refractivity contribution in [3.8, 4) is 11.5 Å². The van der Waals surface area contributed by atoms with Crippen LogP contribution in [0, 0.1) is 0 Å². The number of phenolic OH excluding ortho intramolecular Hbond substituents is 2. The smallest absolute Gasteiger partial charge is 0.293 e. The van der Waals surface area contributed by atoms with E-state index in [2.05, 4.69) is 29.1 Å². The highest BCUT2D eigenvalue weighted by molar-refractivity contribution is 9.11. The van der Waals surface area contributed by atoms with Gasteiger partial charge in [-0.2, -0.15) is 0 Å². The first-order chi connectivity index (χ1) is 11.3. The molecule has 0 spiro atoms. The van der Waals surface area contributed by atoms with Gasteiger partial charge in [0.15, 0.2) is 11.5 Å². The van der Waals surface area contributed by atoms with Gasteiger partial charge in [0.2, 0.25) is 0 Å². The van der Waals surface area contributed by atoms with Gasteiger partial charge in [0.1, 0.15) is 0 Å². The molecule has 1 heterocycles. The largest absolute Gasteiger partial charge is 0.504 e. The Morgan fingerprint density at radius 3 is 2.58 bits per heavy atom. The maximum atomic E-state index is 12.4. The summed E-state index contributed by atoms with van der Waals surface area (Å²) in [6, 6.07) is 4.16. The number of thioether (sulfide) groups is 1. The van der Waals surface area contributed by atoms with Gasteiger partial charge in [0.25, 0.3) is 11.1 Å². The lowest BCUT2D eigenvalue weighted by Gasteiger charge is -2.13. The molecule has 0 bridgehead atoms. The van der Waals surface area contributed by atoms with Crippen LogP contribution >= 0.6 is 27.7 Å². The molecule has 0 radical (unpaired) electrons. The first-order valence-corrected chi connectivity index (χ1v) is 8.37. The standard InChI is InChI=1S/C17H14BrNO4S/c1-3-11(6-10(2)18)9-19-16(22)15(24-17(19)23)8-12-4-5-13(20)14(21)7-12/h3-8,20-21H,1-2,9H2. The monoisotopic (exact) mass is 407 g/mol. The Hall–Kier alpha value is -2.25. The van der Waals surface area contributed by atoms with E-state index in [0.717, 1.165) is 16.7 Å². The summed E-state index contributed by atoms with van der Waals surface area (Å²) < 4.78 is 0.611. The normalized spacial score (nSPS) is 16.8. The number of halogens is 1. The zero-order valence-electron chi connectivity index (χ0n) is 12.5. The van der Waals surface area contributed by atoms with Gasteiger partial charge in [-0.1, -0.05) is 41.2 Å². The third-order valence-corrected chi connectivity index (χ3v) is 4.25. The Balaban J connectivity index is 2.24. The molecule has 24 heavy (non-hydrogen) atoms. The number of carbonyl (C=O) groups is 2. The van der Waals surface area contributed by atoms with Gasteiger partial charge in [0, 0.05) is 4.48 Å². The third-order valence-electron chi connectivity index (χ3n) is 3.12. The summed E-state index contributed by atoms with van der Waals surface area (Å²) in [5.74, 6) is -0.975. The number of hydrogen-bond acceptors (Lipinski definition) is 5. The van der Waals surface area contributed by atoms with Crippen molar-refractivity contribution in [2.24, 2.45) is 0 Å². The summed E-state index contributed by atoms with van der Waals surface area (Å²) in [6.07, 6.45) is 4.72. The highest BCUT2D eigenvalue weighted by atomic mass is 79.9. The van der Waals surface area contributed by atoms with E-state index in [0.29, 0.717) is 15.6 Å². The maximum absolute atomic E-state index is 12.4. The summed E-state index contributed by atoms with van der Waals surface area (Å²) in [5.41, 5.74) is 1.17. The van der Waals surface area contributed by atoms with E-state index in [9.17, 15) is 19.8 Å². The van der Waals surface area contributed by atoms with Gasteiger partial charge in [-0.05, 0) is 47.2 Å². The molecule has 124 valence electrons. The quantitative estimate of drug-likeness (QED) is 0.435. The summed E-state index contributed by atoms with van der Waals surface area (Å²) in [4.78, 5) is 25.9. The summed E-state index contributed by atoms with van der Waals surface area (Å²) in [7, 11) is 0. The molecule has 1 saturated heterocycles. The van der Waals surface area contributed by atoms with Crippen LogP contribution in [-0.2, 0) is 4.79 Å². The molecule has 0 unspecified atom stereocenters. The van der Waals surface area contributed by atoms with Crippen LogP contribution in [0.3, 0.4) is 0 Å². The first kappa shape index (κ1) is 18.1. The molecule has 0 saturated carbocycles. The lowest BCUT2D eigenvalue weighted by Crippen LogP contribution is -2.29. The molecule has 7 heteroatoms. The van der Waals surface area contributed by atoms with Crippen molar-refractivity contribution < 1.29 is 19.8 Å². The van der Waals surface area contributed by atoms with Crippen LogP contribution in [0.25, 0.3) is 6.08 Å². The van der Waals surface area contributed by atoms with Gasteiger partial charge in [-0.3, -0.25) is 14.5 Å². The zero-order valence-corrected chi connectivity index (χ0v) is 14.9. The van der Waals surface area contributed by atoms with E-state index < -0.39 is 5.91 Å². The molecule has 1 aliphatic rings. The molecule has 2 N–H and O–H groups in total. The molecular weight excluding hydrogens is 394 g/mol. The van der Waals surface area contributed by atoms with Gasteiger partial charge in [-0.15, -0.1) is 0 Å². The fraction of sp³-hybridized carbons (Fsp3) is 0.0588. The predicted octanol–water partition coefficient (Wildman–Crippen LogP) is 4.16. The Morgan fingerprint density at radius 2 is 2.00 bits per heavy atom. The molecule has 1 aromatic rings. The minimum atomic E-state index is -0.425. The lowest BCUT2D eigenvalue weighted by atomic mass is 10.2. The maximum Gasteiger partial charge on any atom is 0.293 e. The number of amides is 2. The molecule has 1 aromatic carbocycles. The SMILES string of the molecule is C=CC(=CC(=C)Br)CN1C(=O)SC(=Cc2ccc(O)c(O)c2)C1=O. The van der Waals surface area contributed by atoms with E-state index >= 15 is 0 Å². The molecule has 5 nitrogen and oxygen atoms in total. The zero-order chi connectivity index (χ0) is 17.9. The van der Waals surface area contributed by atoms with Crippen LogP contribution < -0.4 is 0 Å². The minimum Gasteiger partial charge on any atom is -0.504 e. The van der Waals surface area contributed by atoms with E-state index in [-0.39, 0.29) is 28.2 Å². The number of hydrogen-bond donors (Lipinski definition) is 2. The first-order valence-electron chi connectivity index (χ1n) is 6.76. The van der Waals surface area contributed by atoms with Crippen LogP contribution in [0.2, 0.25) is 0 Å². The fourth-order valence-electron chi connectivity index (χ4n) is 1.97. The second kappa shape index (κ2) is 7.55. The van der Waals surface area contributed by atoms with Crippen molar-refractivity contribution in [3.63, 3.8) is 0 Å². The van der Waals surface area contributed by atoms with Crippen molar-refractivity contribution in [3.05, 3.63) is 64.0 Å². The van der Waals surface area contributed by atoms with E-state index in [1.165, 1.54) is 24.3 Å². The Morgan fingerprint density at radius 1 is 1.29 bits per heavy atom. The number of imide groups is 1. The molecule has 2 amide bonds. The van der Waals surface area contributed by atoms with E-state index in [4.69, 9.17) is 0 Å². The number of phenols is 2. The summed E-state index contributed by atoms with van der Waals surface area (Å²) in [6.45, 7) is 7.44. The minimum absolute atomic E-state index is 0.0942. The number of carbonyl (C=O) groups excluding carboxylic acids is 2. The number of aromatic hydroxyl groups is 2. The molecule has 0 aliphatic carbocycles. The van der Waals surface area contributed by atoms with Gasteiger partial charge < -0.3 is 10.2 Å². The number of rotatable bonds is 5. The van der Waals surface area contributed by atoms with Crippen LogP contribution in [0.5, 0.6) is 11.5 Å². The van der Waals surface area contributed by atoms with Gasteiger partial charge >= 0.3 is 0 Å². The predicted molar refractivity (Wildman–Crippen MR) is 98.8 cm³/mol. The second-order valence-corrected chi connectivity index (χ2v) is 6.90. The Labute approximate surface area is 151 Å². The van der Waals surface area contributed by atoms with Crippen molar-refractivity contribution in [1.82, 2.24) is 4.90 Å². The summed E-state index contributed by atoms with van der Waals surface area (Å²) in [5, 5.41) is 18.4. The molecular formula is C17H14BrNO4S. The average molecular weight is 408 g/mol. The van der Waals surface area contributed by atoms with Crippen molar-refractivity contribution in [2.75, 3.05) is 6.54 Å². The Bertz CT molecular complexity index is 798. The highest BCUT2D eigenvalue weighted by Crippen LogP contribution is 2.34.